The van der Waals surface area contributed by atoms with Crippen molar-refractivity contribution in [2.24, 2.45) is 0 Å². The summed E-state index contributed by atoms with van der Waals surface area (Å²) in [6.45, 7) is 12.2. The number of aromatic nitrogens is 4. The minimum atomic E-state index is -1.96. The summed E-state index contributed by atoms with van der Waals surface area (Å²) in [5, 5.41) is 9.59. The second kappa shape index (κ2) is 21.2. The normalized spacial score (nSPS) is 18.4. The van der Waals surface area contributed by atoms with E-state index in [0.29, 0.717) is 44.9 Å². The maximum atomic E-state index is 15.7. The van der Waals surface area contributed by atoms with Crippen LogP contribution in [0, 0.1) is 11.3 Å². The van der Waals surface area contributed by atoms with E-state index in [-0.39, 0.29) is 30.9 Å². The van der Waals surface area contributed by atoms with Gasteiger partial charge in [0.2, 0.25) is 0 Å². The zero-order valence-electron chi connectivity index (χ0n) is 37.3. The Labute approximate surface area is 380 Å². The lowest BCUT2D eigenvalue weighted by Gasteiger charge is -2.42. The van der Waals surface area contributed by atoms with Gasteiger partial charge in [-0.25, -0.2) is 19.6 Å². The van der Waals surface area contributed by atoms with E-state index < -0.39 is 50.6 Å². The molecule has 338 valence electrons. The standard InChI is InChI=1S/C49H54N7O8P/c1-8-60-45-44(64-65(61-29-15-28-50)56(32(2)3)33(4)5)43(62-48(45)55-31-54-40-46(51)52-30-53-47(40)55)42(41(57)34-16-11-9-12-17-34)63-49(35-18-13-10-14-19-35,36-20-24-38(58-6)25-21-36)37-22-26-39(59-7)27-23-37/h8-14,16-27,30-33,42-45,48H,1,15,29H2,2-7H3,(H2,51,52,53)/t42?,43-,44-,45-,48-,65?/m1/s1. The molecule has 3 heterocycles. The van der Waals surface area contributed by atoms with Crippen molar-refractivity contribution in [3.05, 3.63) is 157 Å². The molecule has 0 amide bonds. The molecule has 1 fully saturated rings. The van der Waals surface area contributed by atoms with Gasteiger partial charge in [0.05, 0.1) is 45.9 Å². The number of nitriles is 1. The van der Waals surface area contributed by atoms with Crippen LogP contribution in [0.25, 0.3) is 11.2 Å². The highest BCUT2D eigenvalue weighted by Gasteiger charge is 2.57. The minimum absolute atomic E-state index is 0.0651. The summed E-state index contributed by atoms with van der Waals surface area (Å²) >= 11 is 0. The molecule has 16 heteroatoms. The Balaban J connectivity index is 1.51. The van der Waals surface area contributed by atoms with Crippen LogP contribution < -0.4 is 15.2 Å². The average molecular weight is 900 g/mol. The zero-order valence-corrected chi connectivity index (χ0v) is 38.2. The van der Waals surface area contributed by atoms with E-state index in [1.165, 1.54) is 18.9 Å². The largest absolute Gasteiger partial charge is 0.497 e. The number of carbonyl (C=O) groups is 1. The quantitative estimate of drug-likeness (QED) is 0.0238. The van der Waals surface area contributed by atoms with Gasteiger partial charge in [-0.15, -0.1) is 0 Å². The first kappa shape index (κ1) is 46.7. The van der Waals surface area contributed by atoms with Gasteiger partial charge in [0, 0.05) is 17.6 Å². The number of nitrogens with two attached hydrogens (primary N) is 1. The molecule has 4 aromatic carbocycles. The average Bonchev–Trinajstić information content (AvgIpc) is 3.92. The van der Waals surface area contributed by atoms with Crippen LogP contribution in [-0.4, -0.2) is 87.3 Å². The smallest absolute Gasteiger partial charge is 0.259 e. The third-order valence-corrected chi connectivity index (χ3v) is 13.2. The van der Waals surface area contributed by atoms with Gasteiger partial charge in [0.15, 0.2) is 35.7 Å². The first-order valence-corrected chi connectivity index (χ1v) is 22.4. The number of ether oxygens (including phenoxy) is 5. The fourth-order valence-corrected chi connectivity index (χ4v) is 9.97. The number of nitrogen functional groups attached to an aromatic ring is 1. The second-order valence-electron chi connectivity index (χ2n) is 15.7. The van der Waals surface area contributed by atoms with Crippen molar-refractivity contribution in [2.75, 3.05) is 26.6 Å². The first-order chi connectivity index (χ1) is 31.6. The molecule has 1 aliphatic rings. The van der Waals surface area contributed by atoms with Crippen LogP contribution in [0.5, 0.6) is 11.5 Å². The van der Waals surface area contributed by atoms with Crippen LogP contribution in [0.15, 0.2) is 135 Å². The highest BCUT2D eigenvalue weighted by molar-refractivity contribution is 7.44. The van der Waals surface area contributed by atoms with E-state index in [1.54, 1.807) is 43.1 Å². The molecular formula is C49H54N7O8P. The molecule has 2 N–H and O–H groups in total. The van der Waals surface area contributed by atoms with Gasteiger partial charge in [-0.05, 0) is 68.7 Å². The number of methoxy groups -OCH3 is 2. The van der Waals surface area contributed by atoms with Gasteiger partial charge >= 0.3 is 0 Å². The van der Waals surface area contributed by atoms with E-state index >= 15 is 4.79 Å². The van der Waals surface area contributed by atoms with E-state index in [1.807, 2.05) is 113 Å². The summed E-state index contributed by atoms with van der Waals surface area (Å²) in [4.78, 5) is 29.0. The number of benzene rings is 4. The monoisotopic (exact) mass is 899 g/mol. The van der Waals surface area contributed by atoms with E-state index in [0.717, 1.165) is 0 Å². The summed E-state index contributed by atoms with van der Waals surface area (Å²) in [7, 11) is 1.25. The third kappa shape index (κ3) is 9.74. The SMILES string of the molecule is C=CO[C@@H]1[C@H](OP(OCCC#N)N(C(C)C)C(C)C)[C@@H](C(OC(c2ccccc2)(c2ccc(OC)cc2)c2ccc(OC)cc2)C(=O)c2ccccc2)O[C@H]1n1cnc2c(N)ncnc21. The van der Waals surface area contributed by atoms with Gasteiger partial charge in [0.25, 0.3) is 8.53 Å². The second-order valence-corrected chi connectivity index (χ2v) is 17.1. The minimum Gasteiger partial charge on any atom is -0.497 e. The predicted octanol–water partition coefficient (Wildman–Crippen LogP) is 8.77. The molecular weight excluding hydrogens is 846 g/mol. The molecule has 0 spiro atoms. The predicted molar refractivity (Wildman–Crippen MR) is 247 cm³/mol. The Morgan fingerprint density at radius 3 is 2.02 bits per heavy atom. The highest BCUT2D eigenvalue weighted by atomic mass is 31.2. The summed E-state index contributed by atoms with van der Waals surface area (Å²) in [6.07, 6.45) is -1.54. The van der Waals surface area contributed by atoms with Crippen molar-refractivity contribution in [2.45, 2.75) is 82.4 Å². The molecule has 2 aromatic heterocycles. The lowest BCUT2D eigenvalue weighted by atomic mass is 9.79. The summed E-state index contributed by atoms with van der Waals surface area (Å²) in [5.74, 6) is 1.03. The molecule has 6 atom stereocenters. The number of ketones is 1. The van der Waals surface area contributed by atoms with Crippen molar-refractivity contribution < 1.29 is 37.5 Å². The zero-order chi connectivity index (χ0) is 46.1. The van der Waals surface area contributed by atoms with Gasteiger partial charge in [-0.2, -0.15) is 5.26 Å². The Morgan fingerprint density at radius 1 is 0.877 bits per heavy atom. The fourth-order valence-electron chi connectivity index (χ4n) is 8.22. The van der Waals surface area contributed by atoms with Gasteiger partial charge in [-0.3, -0.25) is 9.36 Å². The Kier molecular flexibility index (Phi) is 15.2. The molecule has 7 rings (SSSR count). The number of hydrogen-bond acceptors (Lipinski definition) is 14. The maximum Gasteiger partial charge on any atom is 0.259 e. The number of Topliss-reactive ketones (excluding diaryl/α,β-unsaturated/α-hetero) is 1. The van der Waals surface area contributed by atoms with Crippen LogP contribution in [0.1, 0.15) is 67.4 Å². The van der Waals surface area contributed by atoms with E-state index in [4.69, 9.17) is 38.5 Å². The molecule has 0 aliphatic carbocycles. The van der Waals surface area contributed by atoms with Crippen molar-refractivity contribution in [3.8, 4) is 17.6 Å². The number of rotatable bonds is 21. The number of fused-ring (bicyclic) bond motifs is 1. The number of hydrogen-bond donors (Lipinski definition) is 1. The van der Waals surface area contributed by atoms with Crippen LogP contribution in [0.4, 0.5) is 5.82 Å². The van der Waals surface area contributed by atoms with Crippen LogP contribution in [0.2, 0.25) is 0 Å². The third-order valence-electron chi connectivity index (χ3n) is 11.1. The van der Waals surface area contributed by atoms with E-state index in [2.05, 4.69) is 32.3 Å². The summed E-state index contributed by atoms with van der Waals surface area (Å²) < 4.78 is 50.1. The van der Waals surface area contributed by atoms with Gasteiger partial charge in [0.1, 0.15) is 41.2 Å². The number of anilines is 1. The first-order valence-electron chi connectivity index (χ1n) is 21.3. The number of nitrogens with zero attached hydrogens (tertiary/aromatic N) is 6. The van der Waals surface area contributed by atoms with Crippen LogP contribution in [-0.2, 0) is 28.9 Å². The Hall–Kier alpha value is -6.24. The van der Waals surface area contributed by atoms with Crippen LogP contribution >= 0.6 is 8.53 Å². The number of imidazole rings is 1. The number of carbonyl (C=O) groups excluding carboxylic acids is 1. The summed E-state index contributed by atoms with van der Waals surface area (Å²) in [5.41, 5.74) is 7.96. The van der Waals surface area contributed by atoms with Crippen molar-refractivity contribution >= 4 is 31.3 Å². The van der Waals surface area contributed by atoms with Crippen molar-refractivity contribution in [1.29, 1.82) is 5.26 Å². The van der Waals surface area contributed by atoms with Gasteiger partial charge in [-0.1, -0.05) is 91.5 Å². The molecule has 1 aliphatic heterocycles. The molecule has 0 bridgehead atoms. The molecule has 6 aromatic rings. The fraction of sp³-hybridized carbons (Fsp3) is 0.327. The Bertz CT molecular complexity index is 2480. The maximum absolute atomic E-state index is 15.7. The molecule has 65 heavy (non-hydrogen) atoms. The van der Waals surface area contributed by atoms with Crippen LogP contribution in [0.3, 0.4) is 0 Å². The topological polar surface area (TPSA) is 178 Å². The van der Waals surface area contributed by atoms with Gasteiger partial charge < -0.3 is 38.5 Å². The lowest BCUT2D eigenvalue weighted by Crippen LogP contribution is -2.50. The van der Waals surface area contributed by atoms with Crippen molar-refractivity contribution in [1.82, 2.24) is 24.2 Å². The summed E-state index contributed by atoms with van der Waals surface area (Å²) in [6, 6.07) is 35.7. The van der Waals surface area contributed by atoms with E-state index in [9.17, 15) is 5.26 Å². The Morgan fingerprint density at radius 2 is 1.46 bits per heavy atom. The molecule has 0 saturated carbocycles. The molecule has 2 unspecified atom stereocenters. The molecule has 1 saturated heterocycles. The lowest BCUT2D eigenvalue weighted by molar-refractivity contribution is -0.125. The van der Waals surface area contributed by atoms with Crippen molar-refractivity contribution in [3.63, 3.8) is 0 Å². The highest BCUT2D eigenvalue weighted by Crippen LogP contribution is 2.53. The molecule has 0 radical (unpaired) electrons. The molecule has 15 nitrogen and oxygen atoms in total.